The summed E-state index contributed by atoms with van der Waals surface area (Å²) in [5, 5.41) is 5.43. The molecule has 0 spiro atoms. The molecule has 9 nitrogen and oxygen atoms in total. The summed E-state index contributed by atoms with van der Waals surface area (Å²) in [6.45, 7) is 3.75. The molecule has 2 amide bonds. The van der Waals surface area contributed by atoms with Crippen molar-refractivity contribution in [3.05, 3.63) is 54.4 Å². The second-order valence-corrected chi connectivity index (χ2v) is 10.3. The average molecular weight is 470 g/mol. The van der Waals surface area contributed by atoms with E-state index in [2.05, 4.69) is 20.5 Å². The Morgan fingerprint density at radius 3 is 2.61 bits per heavy atom. The number of pyridine rings is 1. The summed E-state index contributed by atoms with van der Waals surface area (Å²) in [6, 6.07) is 12.2. The number of imidazole rings is 1. The lowest BCUT2D eigenvalue weighted by atomic mass is 10.2. The van der Waals surface area contributed by atoms with Gasteiger partial charge < -0.3 is 15.5 Å². The van der Waals surface area contributed by atoms with E-state index in [1.165, 1.54) is 17.2 Å². The number of anilines is 2. The highest BCUT2D eigenvalue weighted by atomic mass is 32.2. The van der Waals surface area contributed by atoms with Gasteiger partial charge in [-0.25, -0.2) is 13.4 Å². The van der Waals surface area contributed by atoms with E-state index in [0.717, 1.165) is 25.0 Å². The van der Waals surface area contributed by atoms with Crippen LogP contribution in [0.3, 0.4) is 0 Å². The SMILES string of the molecule is CC(CC(=O)Nc1cccc(N2CCCC2)c1)NC(=O)c1nc(S(C)(=O)=O)n2ccccc12. The molecule has 3 aromatic rings. The first-order valence-corrected chi connectivity index (χ1v) is 12.7. The minimum absolute atomic E-state index is 0.00148. The van der Waals surface area contributed by atoms with Crippen LogP contribution in [0.15, 0.2) is 53.8 Å². The standard InChI is InChI=1S/C23H27N5O4S/c1-16(14-20(29)25-17-8-7-9-18(15-17)27-11-5-6-12-27)24-22(30)21-19-10-3-4-13-28(19)23(26-21)33(2,31)32/h3-4,7-10,13,15-16H,5-6,11-12,14H2,1-2H3,(H,24,30)(H,25,29). The zero-order valence-electron chi connectivity index (χ0n) is 18.6. The zero-order chi connectivity index (χ0) is 23.6. The molecule has 2 aromatic heterocycles. The van der Waals surface area contributed by atoms with E-state index in [1.807, 2.05) is 24.3 Å². The number of carbonyl (C=O) groups is 2. The van der Waals surface area contributed by atoms with E-state index in [4.69, 9.17) is 0 Å². The van der Waals surface area contributed by atoms with Gasteiger partial charge in [-0.15, -0.1) is 0 Å². The largest absolute Gasteiger partial charge is 0.371 e. The van der Waals surface area contributed by atoms with Crippen LogP contribution >= 0.6 is 0 Å². The number of benzene rings is 1. The van der Waals surface area contributed by atoms with E-state index in [-0.39, 0.29) is 23.2 Å². The van der Waals surface area contributed by atoms with Crippen molar-refractivity contribution >= 4 is 38.5 Å². The molecular formula is C23H27N5O4S. The first-order valence-electron chi connectivity index (χ1n) is 10.9. The predicted octanol–water partition coefficient (Wildman–Crippen LogP) is 2.49. The third-order valence-electron chi connectivity index (χ3n) is 5.53. The number of nitrogens with zero attached hydrogens (tertiary/aromatic N) is 3. The highest BCUT2D eigenvalue weighted by Gasteiger charge is 2.24. The van der Waals surface area contributed by atoms with Crippen LogP contribution in [-0.4, -0.2) is 55.0 Å². The molecule has 3 heterocycles. The molecule has 2 N–H and O–H groups in total. The minimum atomic E-state index is -3.63. The Kier molecular flexibility index (Phi) is 6.37. The topological polar surface area (TPSA) is 113 Å². The number of aromatic nitrogens is 2. The lowest BCUT2D eigenvalue weighted by molar-refractivity contribution is -0.116. The maximum atomic E-state index is 12.8. The van der Waals surface area contributed by atoms with Crippen molar-refractivity contribution in [1.82, 2.24) is 14.7 Å². The molecule has 0 radical (unpaired) electrons. The second-order valence-electron chi connectivity index (χ2n) is 8.34. The summed E-state index contributed by atoms with van der Waals surface area (Å²) >= 11 is 0. The molecule has 0 bridgehead atoms. The van der Waals surface area contributed by atoms with Gasteiger partial charge in [-0.3, -0.25) is 14.0 Å². The van der Waals surface area contributed by atoms with Gasteiger partial charge in [-0.05, 0) is 50.1 Å². The summed E-state index contributed by atoms with van der Waals surface area (Å²) in [5.41, 5.74) is 2.17. The van der Waals surface area contributed by atoms with E-state index < -0.39 is 21.8 Å². The van der Waals surface area contributed by atoms with Gasteiger partial charge >= 0.3 is 0 Å². The quantitative estimate of drug-likeness (QED) is 0.550. The van der Waals surface area contributed by atoms with Crippen LogP contribution in [0.2, 0.25) is 0 Å². The van der Waals surface area contributed by atoms with Crippen molar-refractivity contribution in [1.29, 1.82) is 0 Å². The van der Waals surface area contributed by atoms with E-state index >= 15 is 0 Å². The van der Waals surface area contributed by atoms with E-state index in [1.54, 1.807) is 31.3 Å². The Hall–Kier alpha value is -3.40. The molecule has 0 saturated carbocycles. The fourth-order valence-corrected chi connectivity index (χ4v) is 4.80. The molecule has 33 heavy (non-hydrogen) atoms. The van der Waals surface area contributed by atoms with Gasteiger partial charge in [-0.1, -0.05) is 12.1 Å². The number of hydrogen-bond donors (Lipinski definition) is 2. The molecule has 0 aliphatic carbocycles. The predicted molar refractivity (Wildman–Crippen MR) is 126 cm³/mol. The van der Waals surface area contributed by atoms with Crippen molar-refractivity contribution in [2.45, 2.75) is 37.4 Å². The third kappa shape index (κ3) is 5.16. The van der Waals surface area contributed by atoms with Gasteiger partial charge in [0.25, 0.3) is 5.91 Å². The van der Waals surface area contributed by atoms with Crippen LogP contribution in [0, 0.1) is 0 Å². The summed E-state index contributed by atoms with van der Waals surface area (Å²) < 4.78 is 25.5. The summed E-state index contributed by atoms with van der Waals surface area (Å²) in [6.07, 6.45) is 4.99. The summed E-state index contributed by atoms with van der Waals surface area (Å²) in [7, 11) is -3.63. The number of fused-ring (bicyclic) bond motifs is 1. The van der Waals surface area contributed by atoms with Crippen molar-refractivity contribution in [2.24, 2.45) is 0 Å². The van der Waals surface area contributed by atoms with Crippen LogP contribution < -0.4 is 15.5 Å². The molecule has 1 saturated heterocycles. The number of sulfone groups is 1. The minimum Gasteiger partial charge on any atom is -0.371 e. The maximum Gasteiger partial charge on any atom is 0.272 e. The van der Waals surface area contributed by atoms with E-state index in [0.29, 0.717) is 11.2 Å². The third-order valence-corrected chi connectivity index (χ3v) is 6.48. The van der Waals surface area contributed by atoms with Crippen molar-refractivity contribution in [2.75, 3.05) is 29.6 Å². The van der Waals surface area contributed by atoms with Gasteiger partial charge in [0.1, 0.15) is 0 Å². The average Bonchev–Trinajstić information content (AvgIpc) is 3.42. The first kappa shape index (κ1) is 22.8. The Labute approximate surface area is 192 Å². The van der Waals surface area contributed by atoms with Crippen molar-refractivity contribution in [3.8, 4) is 0 Å². The second kappa shape index (κ2) is 9.22. The normalized spacial score (nSPS) is 14.9. The highest BCUT2D eigenvalue weighted by molar-refractivity contribution is 7.90. The number of hydrogen-bond acceptors (Lipinski definition) is 6. The maximum absolute atomic E-state index is 12.8. The number of amides is 2. The van der Waals surface area contributed by atoms with Crippen LogP contribution in [0.5, 0.6) is 0 Å². The van der Waals surface area contributed by atoms with Crippen molar-refractivity contribution < 1.29 is 18.0 Å². The van der Waals surface area contributed by atoms with Gasteiger partial charge in [-0.2, -0.15) is 0 Å². The van der Waals surface area contributed by atoms with Crippen LogP contribution in [0.1, 0.15) is 36.7 Å². The summed E-state index contributed by atoms with van der Waals surface area (Å²) in [4.78, 5) is 31.7. The zero-order valence-corrected chi connectivity index (χ0v) is 19.4. The van der Waals surface area contributed by atoms with Crippen molar-refractivity contribution in [3.63, 3.8) is 0 Å². The molecule has 10 heteroatoms. The molecule has 174 valence electrons. The molecular weight excluding hydrogens is 442 g/mol. The van der Waals surface area contributed by atoms with Gasteiger partial charge in [0, 0.05) is 49.4 Å². The molecule has 1 unspecified atom stereocenters. The molecule has 1 atom stereocenters. The summed E-state index contributed by atoms with van der Waals surface area (Å²) in [5.74, 6) is -0.766. The fraction of sp³-hybridized carbons (Fsp3) is 0.348. The molecule has 1 fully saturated rings. The van der Waals surface area contributed by atoms with Crippen LogP contribution in [0.25, 0.3) is 5.52 Å². The van der Waals surface area contributed by atoms with Crippen LogP contribution in [-0.2, 0) is 14.6 Å². The fourth-order valence-electron chi connectivity index (χ4n) is 4.03. The molecule has 4 rings (SSSR count). The molecule has 1 aliphatic rings. The first-order chi connectivity index (χ1) is 15.7. The highest BCUT2D eigenvalue weighted by Crippen LogP contribution is 2.23. The Morgan fingerprint density at radius 2 is 1.88 bits per heavy atom. The number of nitrogens with one attached hydrogen (secondary N) is 2. The smallest absolute Gasteiger partial charge is 0.272 e. The molecule has 1 aliphatic heterocycles. The monoisotopic (exact) mass is 469 g/mol. The van der Waals surface area contributed by atoms with Gasteiger partial charge in [0.2, 0.25) is 20.9 Å². The lowest BCUT2D eigenvalue weighted by Crippen LogP contribution is -2.35. The molecule has 1 aromatic carbocycles. The Bertz CT molecular complexity index is 1300. The Morgan fingerprint density at radius 1 is 1.12 bits per heavy atom. The van der Waals surface area contributed by atoms with Crippen LogP contribution in [0.4, 0.5) is 11.4 Å². The number of carbonyl (C=O) groups excluding carboxylic acids is 2. The van der Waals surface area contributed by atoms with Gasteiger partial charge in [0.15, 0.2) is 5.69 Å². The lowest BCUT2D eigenvalue weighted by Gasteiger charge is -2.19. The Balaban J connectivity index is 1.41. The van der Waals surface area contributed by atoms with Gasteiger partial charge in [0.05, 0.1) is 5.52 Å². The number of rotatable bonds is 7. The van der Waals surface area contributed by atoms with E-state index in [9.17, 15) is 18.0 Å².